The molecular formula is C43H65FN5O9P. The van der Waals surface area contributed by atoms with Gasteiger partial charge < -0.3 is 35.1 Å². The zero-order chi connectivity index (χ0) is 42.5. The van der Waals surface area contributed by atoms with E-state index in [9.17, 15) is 29.3 Å². The maximum Gasteiger partial charge on any atom is 0.472 e. The Morgan fingerprint density at radius 1 is 0.966 bits per heavy atom. The van der Waals surface area contributed by atoms with Gasteiger partial charge in [-0.25, -0.2) is 18.5 Å². The zero-order valence-corrected chi connectivity index (χ0v) is 35.7. The Morgan fingerprint density at radius 2 is 1.61 bits per heavy atom. The summed E-state index contributed by atoms with van der Waals surface area (Å²) in [5, 5.41) is 35.7. The van der Waals surface area contributed by atoms with E-state index >= 15 is 0 Å². The molecule has 1 aromatic carbocycles. The summed E-state index contributed by atoms with van der Waals surface area (Å²) >= 11 is 0. The first-order valence-electron chi connectivity index (χ1n) is 21.3. The Hall–Kier alpha value is -3.45. The number of aliphatic hydroxyl groups is 2. The fourth-order valence-electron chi connectivity index (χ4n) is 7.33. The number of hydrogen-bond donors (Lipinski definition) is 4. The van der Waals surface area contributed by atoms with Crippen molar-refractivity contribution in [3.63, 3.8) is 0 Å². The van der Waals surface area contributed by atoms with E-state index in [-0.39, 0.29) is 37.0 Å². The summed E-state index contributed by atoms with van der Waals surface area (Å²) in [4.78, 5) is 14.7. The molecule has 1 aliphatic heterocycles. The van der Waals surface area contributed by atoms with E-state index in [2.05, 4.69) is 17.0 Å². The number of nitriles is 1. The maximum absolute atomic E-state index is 14.1. The second-order valence-corrected chi connectivity index (χ2v) is 17.0. The summed E-state index contributed by atoms with van der Waals surface area (Å²) in [6.07, 6.45) is 20.3. The lowest BCUT2D eigenvalue weighted by Crippen LogP contribution is -2.45. The highest BCUT2D eigenvalue weighted by atomic mass is 31.2. The minimum Gasteiger partial charge on any atom is -0.493 e. The van der Waals surface area contributed by atoms with Gasteiger partial charge in [0, 0.05) is 18.6 Å². The number of nitrogens with zero attached hydrogens (tertiary/aromatic N) is 4. The average Bonchev–Trinajstić information content (AvgIpc) is 3.76. The van der Waals surface area contributed by atoms with E-state index in [1.165, 1.54) is 106 Å². The van der Waals surface area contributed by atoms with Crippen LogP contribution >= 0.6 is 7.82 Å². The summed E-state index contributed by atoms with van der Waals surface area (Å²) in [7, 11) is -4.79. The van der Waals surface area contributed by atoms with Gasteiger partial charge in [-0.2, -0.15) is 10.4 Å². The fraction of sp³-hybridized carbons (Fsp3) is 0.651. The van der Waals surface area contributed by atoms with Crippen molar-refractivity contribution in [3.05, 3.63) is 65.9 Å². The van der Waals surface area contributed by atoms with Crippen molar-refractivity contribution in [2.45, 2.75) is 140 Å². The van der Waals surface area contributed by atoms with E-state index < -0.39 is 50.1 Å². The summed E-state index contributed by atoms with van der Waals surface area (Å²) in [5.74, 6) is -0.902. The molecule has 6 atom stereocenters. The Kier molecular flexibility index (Phi) is 20.7. The first kappa shape index (κ1) is 48.2. The van der Waals surface area contributed by atoms with Crippen molar-refractivity contribution in [2.24, 2.45) is 5.92 Å². The molecule has 1 aliphatic rings. The lowest BCUT2D eigenvalue weighted by Gasteiger charge is -2.29. The zero-order valence-electron chi connectivity index (χ0n) is 34.8. The molecular weight excluding hydrogens is 780 g/mol. The monoisotopic (exact) mass is 845 g/mol. The Bertz CT molecular complexity index is 1810. The summed E-state index contributed by atoms with van der Waals surface area (Å²) in [6.45, 7) is 3.43. The fourth-order valence-corrected chi connectivity index (χ4v) is 8.17. The Labute approximate surface area is 348 Å². The number of aromatic nitrogens is 3. The number of fused-ring (bicyclic) bond motifs is 1. The van der Waals surface area contributed by atoms with Crippen molar-refractivity contribution in [3.8, 4) is 11.8 Å². The maximum atomic E-state index is 14.1. The highest BCUT2D eigenvalue weighted by Crippen LogP contribution is 2.48. The molecule has 2 aromatic heterocycles. The topological polar surface area (TPSA) is 204 Å². The smallest absolute Gasteiger partial charge is 0.472 e. The van der Waals surface area contributed by atoms with Gasteiger partial charge in [-0.15, -0.1) is 0 Å². The van der Waals surface area contributed by atoms with Gasteiger partial charge in [0.25, 0.3) is 0 Å². The number of unbranched alkanes of at least 4 members (excludes halogenated alkanes) is 15. The average molecular weight is 846 g/mol. The molecule has 4 rings (SSSR count). The summed E-state index contributed by atoms with van der Waals surface area (Å²) < 4.78 is 57.4. The lowest BCUT2D eigenvalue weighted by atomic mass is 9.94. The molecule has 0 amide bonds. The second-order valence-electron chi connectivity index (χ2n) is 15.5. The number of ether oxygens (including phenoxy) is 3. The number of anilines is 1. The van der Waals surface area contributed by atoms with Crippen LogP contribution in [0.5, 0.6) is 5.75 Å². The number of hydrogen-bond acceptors (Lipinski definition) is 12. The molecule has 2 unspecified atom stereocenters. The predicted molar refractivity (Wildman–Crippen MR) is 223 cm³/mol. The quantitative estimate of drug-likeness (QED) is 0.0283. The van der Waals surface area contributed by atoms with E-state index in [4.69, 9.17) is 29.0 Å². The number of aliphatic hydroxyl groups excluding tert-OH is 2. The first-order chi connectivity index (χ1) is 28.5. The molecule has 0 saturated carbocycles. The Morgan fingerprint density at radius 3 is 2.24 bits per heavy atom. The molecule has 59 heavy (non-hydrogen) atoms. The van der Waals surface area contributed by atoms with Crippen molar-refractivity contribution >= 4 is 19.2 Å². The third-order valence-electron chi connectivity index (χ3n) is 10.6. The third-order valence-corrected chi connectivity index (χ3v) is 11.6. The van der Waals surface area contributed by atoms with Gasteiger partial charge in [0.1, 0.15) is 47.3 Å². The van der Waals surface area contributed by atoms with Gasteiger partial charge in [-0.1, -0.05) is 115 Å². The first-order valence-corrected chi connectivity index (χ1v) is 22.8. The normalized spacial score (nSPS) is 20.9. The number of allylic oxidation sites excluding steroid dienone is 1. The van der Waals surface area contributed by atoms with Gasteiger partial charge in [0.2, 0.25) is 0 Å². The van der Waals surface area contributed by atoms with Crippen molar-refractivity contribution < 1.29 is 47.3 Å². The van der Waals surface area contributed by atoms with Crippen LogP contribution in [0.3, 0.4) is 0 Å². The molecule has 1 saturated heterocycles. The van der Waals surface area contributed by atoms with Gasteiger partial charge >= 0.3 is 7.82 Å². The predicted octanol–water partition coefficient (Wildman–Crippen LogP) is 8.54. The number of nitrogens with two attached hydrogens (primary N) is 1. The van der Waals surface area contributed by atoms with Crippen LogP contribution < -0.4 is 10.5 Å². The molecule has 0 aliphatic carbocycles. The van der Waals surface area contributed by atoms with Gasteiger partial charge in [0.05, 0.1) is 43.8 Å². The molecule has 0 bridgehead atoms. The number of benzene rings is 1. The summed E-state index contributed by atoms with van der Waals surface area (Å²) in [6, 6.07) is 8.79. The highest BCUT2D eigenvalue weighted by molar-refractivity contribution is 7.47. The number of halogens is 1. The van der Waals surface area contributed by atoms with Crippen LogP contribution in [-0.4, -0.2) is 80.5 Å². The van der Waals surface area contributed by atoms with Crippen LogP contribution in [0.2, 0.25) is 0 Å². The second kappa shape index (κ2) is 25.4. The minimum absolute atomic E-state index is 0.0785. The highest BCUT2D eigenvalue weighted by Gasteiger charge is 2.55. The van der Waals surface area contributed by atoms with Gasteiger partial charge in [-0.05, 0) is 37.6 Å². The van der Waals surface area contributed by atoms with Crippen molar-refractivity contribution in [2.75, 3.05) is 38.8 Å². The van der Waals surface area contributed by atoms with E-state index in [0.29, 0.717) is 17.8 Å². The van der Waals surface area contributed by atoms with E-state index in [0.717, 1.165) is 31.4 Å². The molecule has 5 N–H and O–H groups in total. The van der Waals surface area contributed by atoms with Crippen molar-refractivity contribution in [1.29, 1.82) is 5.26 Å². The van der Waals surface area contributed by atoms with E-state index in [1.807, 2.05) is 6.07 Å². The molecule has 3 aromatic rings. The SMILES string of the molecule is CC=C[C@]1(COP(=O)(O)OCC(COCCCCCCCCCCCCCCCCCC)COc2cc(F)cc(C#N)c2)O[C@@H](c2ccc3c(N)ncnn23)[C@H](O)[C@@H]1O. The molecule has 3 heterocycles. The standard InChI is InChI=1S/C43H65FN5O9P/c1-3-5-6-7-8-9-10-11-12-13-14-15-16-17-18-19-23-54-28-34(29-55-36-25-33(27-45)24-35(44)26-36)30-56-59(52,53)57-31-43(22-4-2)41(51)39(50)40(58-43)37-20-21-38-42(46)47-32-48-49(37)38/h4,20-22,24-26,32,34,39-41,50-51H,3,5-19,23,28-31H2,1-2H3,(H,52,53)(H2,46,47,48)/t34?,39-,40-,41-,43+/m0/s1. The lowest BCUT2D eigenvalue weighted by molar-refractivity contribution is -0.0803. The molecule has 328 valence electrons. The van der Waals surface area contributed by atoms with Crippen LogP contribution in [0.25, 0.3) is 5.52 Å². The molecule has 0 spiro atoms. The molecule has 14 nitrogen and oxygen atoms in total. The number of nitrogen functional groups attached to an aromatic ring is 1. The minimum atomic E-state index is -4.79. The summed E-state index contributed by atoms with van der Waals surface area (Å²) in [5.41, 5.74) is 5.15. The molecule has 16 heteroatoms. The van der Waals surface area contributed by atoms with Gasteiger partial charge in [0.15, 0.2) is 5.82 Å². The van der Waals surface area contributed by atoms with Gasteiger partial charge in [-0.3, -0.25) is 9.05 Å². The third kappa shape index (κ3) is 15.5. The Balaban J connectivity index is 1.23. The van der Waals surface area contributed by atoms with Crippen LogP contribution in [-0.2, 0) is 23.1 Å². The molecule has 1 fully saturated rings. The number of phosphoric acid groups is 1. The molecule has 0 radical (unpaired) electrons. The largest absolute Gasteiger partial charge is 0.493 e. The number of rotatable bonds is 30. The van der Waals surface area contributed by atoms with Crippen molar-refractivity contribution in [1.82, 2.24) is 14.6 Å². The van der Waals surface area contributed by atoms with E-state index in [1.54, 1.807) is 25.1 Å². The van der Waals surface area contributed by atoms with Crippen LogP contribution in [0.4, 0.5) is 10.2 Å². The number of phosphoric ester groups is 1. The van der Waals surface area contributed by atoms with Crippen LogP contribution in [0, 0.1) is 23.1 Å². The van der Waals surface area contributed by atoms with Crippen LogP contribution in [0.1, 0.15) is 134 Å². The van der Waals surface area contributed by atoms with Crippen LogP contribution in [0.15, 0.2) is 48.8 Å².